The molecule has 1 fully saturated rings. The second kappa shape index (κ2) is 6.84. The molecule has 0 spiro atoms. The van der Waals surface area contributed by atoms with Gasteiger partial charge in [-0.1, -0.05) is 32.9 Å². The van der Waals surface area contributed by atoms with E-state index in [2.05, 4.69) is 50.4 Å². The van der Waals surface area contributed by atoms with Gasteiger partial charge in [0.1, 0.15) is 0 Å². The molecule has 1 amide bonds. The van der Waals surface area contributed by atoms with Crippen LogP contribution in [0.3, 0.4) is 0 Å². The first-order chi connectivity index (χ1) is 9.88. The fourth-order valence-electron chi connectivity index (χ4n) is 2.47. The van der Waals surface area contributed by atoms with Crippen molar-refractivity contribution in [1.82, 2.24) is 10.2 Å². The highest BCUT2D eigenvalue weighted by Gasteiger charge is 2.23. The lowest BCUT2D eigenvalue weighted by atomic mass is 9.87. The number of amides is 1. The second-order valence-corrected chi connectivity index (χ2v) is 7.76. The van der Waals surface area contributed by atoms with Crippen LogP contribution in [0, 0.1) is 0 Å². The largest absolute Gasteiger partial charge is 0.341 e. The van der Waals surface area contributed by atoms with Crippen molar-refractivity contribution in [3.05, 3.63) is 29.8 Å². The molecule has 1 aliphatic rings. The van der Waals surface area contributed by atoms with E-state index in [1.54, 1.807) is 11.8 Å². The van der Waals surface area contributed by atoms with E-state index in [-0.39, 0.29) is 11.3 Å². The Morgan fingerprint density at radius 2 is 2.00 bits per heavy atom. The van der Waals surface area contributed by atoms with Crippen molar-refractivity contribution in [3.63, 3.8) is 0 Å². The number of nitrogens with one attached hydrogen (secondary N) is 1. The molecule has 1 saturated heterocycles. The normalized spacial score (nSPS) is 18.8. The SMILES string of the molecule is CN(C(=O)CSc1ccc(C(C)(C)C)cc1)C1CCNC1. The van der Waals surface area contributed by atoms with Gasteiger partial charge in [-0.05, 0) is 36.1 Å². The smallest absolute Gasteiger partial charge is 0.232 e. The van der Waals surface area contributed by atoms with Crippen molar-refractivity contribution in [3.8, 4) is 0 Å². The number of hydrogen-bond acceptors (Lipinski definition) is 3. The quantitative estimate of drug-likeness (QED) is 0.868. The number of carbonyl (C=O) groups excluding carboxylic acids is 1. The summed E-state index contributed by atoms with van der Waals surface area (Å²) in [6.45, 7) is 8.58. The molecule has 0 saturated carbocycles. The van der Waals surface area contributed by atoms with Gasteiger partial charge in [-0.15, -0.1) is 11.8 Å². The van der Waals surface area contributed by atoms with E-state index in [0.717, 1.165) is 24.4 Å². The van der Waals surface area contributed by atoms with Crippen LogP contribution in [0.5, 0.6) is 0 Å². The van der Waals surface area contributed by atoms with Crippen LogP contribution in [0.1, 0.15) is 32.8 Å². The fraction of sp³-hybridized carbons (Fsp3) is 0.588. The van der Waals surface area contributed by atoms with Crippen molar-refractivity contribution in [1.29, 1.82) is 0 Å². The summed E-state index contributed by atoms with van der Waals surface area (Å²) >= 11 is 1.62. The number of nitrogens with zero attached hydrogens (tertiary/aromatic N) is 1. The van der Waals surface area contributed by atoms with Crippen LogP contribution >= 0.6 is 11.8 Å². The van der Waals surface area contributed by atoms with Gasteiger partial charge in [-0.25, -0.2) is 0 Å². The standard InChI is InChI=1S/C17H26N2OS/c1-17(2,3)13-5-7-15(8-6-13)21-12-16(20)19(4)14-9-10-18-11-14/h5-8,14,18H,9-12H2,1-4H3. The molecule has 1 aromatic carbocycles. The molecule has 116 valence electrons. The van der Waals surface area contributed by atoms with E-state index in [1.807, 2.05) is 11.9 Å². The molecule has 4 heteroatoms. The average Bonchev–Trinajstić information content (AvgIpc) is 2.97. The number of thioether (sulfide) groups is 1. The predicted molar refractivity (Wildman–Crippen MR) is 89.9 cm³/mol. The molecule has 1 atom stereocenters. The van der Waals surface area contributed by atoms with Gasteiger partial charge in [0.15, 0.2) is 0 Å². The minimum atomic E-state index is 0.175. The van der Waals surface area contributed by atoms with E-state index >= 15 is 0 Å². The maximum Gasteiger partial charge on any atom is 0.232 e. The van der Waals surface area contributed by atoms with E-state index in [0.29, 0.717) is 11.8 Å². The molecule has 0 bridgehead atoms. The highest BCUT2D eigenvalue weighted by molar-refractivity contribution is 8.00. The predicted octanol–water partition coefficient (Wildman–Crippen LogP) is 2.90. The van der Waals surface area contributed by atoms with Crippen LogP contribution in [-0.2, 0) is 10.2 Å². The van der Waals surface area contributed by atoms with Gasteiger partial charge in [-0.3, -0.25) is 4.79 Å². The van der Waals surface area contributed by atoms with Crippen LogP contribution < -0.4 is 5.32 Å². The maximum atomic E-state index is 12.2. The lowest BCUT2D eigenvalue weighted by molar-refractivity contribution is -0.128. The molecule has 1 heterocycles. The molecule has 1 aliphatic heterocycles. The molecule has 1 N–H and O–H groups in total. The Bertz CT molecular complexity index is 473. The fourth-order valence-corrected chi connectivity index (χ4v) is 3.29. The summed E-state index contributed by atoms with van der Waals surface area (Å²) in [6, 6.07) is 8.93. The summed E-state index contributed by atoms with van der Waals surface area (Å²) in [7, 11) is 1.92. The second-order valence-electron chi connectivity index (χ2n) is 6.71. The summed E-state index contributed by atoms with van der Waals surface area (Å²) in [6.07, 6.45) is 1.06. The molecule has 1 aromatic rings. The minimum Gasteiger partial charge on any atom is -0.341 e. The summed E-state index contributed by atoms with van der Waals surface area (Å²) in [5.41, 5.74) is 1.50. The summed E-state index contributed by atoms with van der Waals surface area (Å²) in [5, 5.41) is 3.30. The molecule has 3 nitrogen and oxygen atoms in total. The van der Waals surface area contributed by atoms with Gasteiger partial charge in [-0.2, -0.15) is 0 Å². The zero-order valence-corrected chi connectivity index (χ0v) is 14.3. The molecule has 0 aromatic heterocycles. The van der Waals surface area contributed by atoms with E-state index < -0.39 is 0 Å². The topological polar surface area (TPSA) is 32.3 Å². The minimum absolute atomic E-state index is 0.175. The van der Waals surface area contributed by atoms with Crippen molar-refractivity contribution < 1.29 is 4.79 Å². The van der Waals surface area contributed by atoms with Gasteiger partial charge in [0.05, 0.1) is 5.75 Å². The highest BCUT2D eigenvalue weighted by Crippen LogP contribution is 2.25. The molecular formula is C17H26N2OS. The van der Waals surface area contributed by atoms with Crippen molar-refractivity contribution in [2.75, 3.05) is 25.9 Å². The first kappa shape index (κ1) is 16.4. The Morgan fingerprint density at radius 1 is 1.33 bits per heavy atom. The van der Waals surface area contributed by atoms with E-state index in [1.165, 1.54) is 5.56 Å². The lowest BCUT2D eigenvalue weighted by Crippen LogP contribution is -2.39. The summed E-state index contributed by atoms with van der Waals surface area (Å²) < 4.78 is 0. The third-order valence-corrected chi connectivity index (χ3v) is 5.05. The first-order valence-corrected chi connectivity index (χ1v) is 8.56. The Balaban J connectivity index is 1.86. The number of rotatable bonds is 4. The van der Waals surface area contributed by atoms with Crippen molar-refractivity contribution in [2.45, 2.75) is 43.5 Å². The molecule has 0 aliphatic carbocycles. The average molecular weight is 306 g/mol. The summed E-state index contributed by atoms with van der Waals surface area (Å²) in [5.74, 6) is 0.732. The van der Waals surface area contributed by atoms with Crippen molar-refractivity contribution >= 4 is 17.7 Å². The Hall–Kier alpha value is -1.00. The number of likely N-dealkylation sites (N-methyl/N-ethyl adjacent to an activating group) is 1. The molecule has 2 rings (SSSR count). The maximum absolute atomic E-state index is 12.2. The monoisotopic (exact) mass is 306 g/mol. The van der Waals surface area contributed by atoms with Crippen LogP contribution in [0.2, 0.25) is 0 Å². The van der Waals surface area contributed by atoms with E-state index in [9.17, 15) is 4.79 Å². The van der Waals surface area contributed by atoms with Crippen molar-refractivity contribution in [2.24, 2.45) is 0 Å². The van der Waals surface area contributed by atoms with Crippen LogP contribution in [0.25, 0.3) is 0 Å². The van der Waals surface area contributed by atoms with Crippen LogP contribution in [-0.4, -0.2) is 42.7 Å². The van der Waals surface area contributed by atoms with Crippen LogP contribution in [0.4, 0.5) is 0 Å². The van der Waals surface area contributed by atoms with E-state index in [4.69, 9.17) is 0 Å². The Morgan fingerprint density at radius 3 is 2.52 bits per heavy atom. The van der Waals surface area contributed by atoms with Gasteiger partial charge in [0.25, 0.3) is 0 Å². The zero-order valence-electron chi connectivity index (χ0n) is 13.5. The van der Waals surface area contributed by atoms with Gasteiger partial charge >= 0.3 is 0 Å². The molecule has 0 radical (unpaired) electrons. The number of hydrogen-bond donors (Lipinski definition) is 1. The molecule has 21 heavy (non-hydrogen) atoms. The third-order valence-electron chi connectivity index (χ3n) is 4.06. The number of carbonyl (C=O) groups is 1. The van der Waals surface area contributed by atoms with Gasteiger partial charge < -0.3 is 10.2 Å². The lowest BCUT2D eigenvalue weighted by Gasteiger charge is -2.23. The highest BCUT2D eigenvalue weighted by atomic mass is 32.2. The van der Waals surface area contributed by atoms with Crippen LogP contribution in [0.15, 0.2) is 29.2 Å². The Kier molecular flexibility index (Phi) is 5.33. The third kappa shape index (κ3) is 4.48. The first-order valence-electron chi connectivity index (χ1n) is 7.57. The van der Waals surface area contributed by atoms with Gasteiger partial charge in [0, 0.05) is 24.5 Å². The number of benzene rings is 1. The Labute approximate surface area is 132 Å². The molecular weight excluding hydrogens is 280 g/mol. The molecule has 1 unspecified atom stereocenters. The summed E-state index contributed by atoms with van der Waals surface area (Å²) in [4.78, 5) is 15.3. The van der Waals surface area contributed by atoms with Gasteiger partial charge in [0.2, 0.25) is 5.91 Å². The zero-order chi connectivity index (χ0) is 15.5.